The van der Waals surface area contributed by atoms with Gasteiger partial charge < -0.3 is 0 Å². The molecule has 1 rings (SSSR count). The van der Waals surface area contributed by atoms with E-state index in [1.54, 1.807) is 0 Å². The van der Waals surface area contributed by atoms with Crippen LogP contribution in [0, 0.1) is 5.95 Å². The van der Waals surface area contributed by atoms with Crippen molar-refractivity contribution in [3.8, 4) is 0 Å². The van der Waals surface area contributed by atoms with Gasteiger partial charge in [0, 0.05) is 5.33 Å². The van der Waals surface area contributed by atoms with Crippen molar-refractivity contribution in [2.75, 3.05) is 0 Å². The zero-order chi connectivity index (χ0) is 10.0. The fourth-order valence-electron chi connectivity index (χ4n) is 0.776. The van der Waals surface area contributed by atoms with Crippen LogP contribution in [0.3, 0.4) is 0 Å². The van der Waals surface area contributed by atoms with Gasteiger partial charge in [-0.1, -0.05) is 15.9 Å². The molecule has 0 bridgehead atoms. The highest BCUT2D eigenvalue weighted by Gasteiger charge is 2.16. The lowest BCUT2D eigenvalue weighted by Gasteiger charge is -2.04. The maximum Gasteiger partial charge on any atom is 0.268 e. The molecule has 0 radical (unpaired) electrons. The van der Waals surface area contributed by atoms with Gasteiger partial charge in [0.05, 0.1) is 5.56 Å². The van der Waals surface area contributed by atoms with E-state index in [2.05, 4.69) is 36.8 Å². The molecule has 0 aliphatic heterocycles. The minimum Gasteiger partial charge on any atom is -0.212 e. The van der Waals surface area contributed by atoms with E-state index in [0.29, 0.717) is 10.9 Å². The van der Waals surface area contributed by atoms with Gasteiger partial charge in [0.15, 0.2) is 0 Å². The van der Waals surface area contributed by atoms with Crippen molar-refractivity contribution >= 4 is 31.9 Å². The lowest BCUT2D eigenvalue weighted by atomic mass is 10.2. The largest absolute Gasteiger partial charge is 0.268 e. The predicted octanol–water partition coefficient (Wildman–Crippen LogP) is 3.82. The van der Waals surface area contributed by atoms with Crippen LogP contribution in [-0.2, 0) is 5.33 Å². The molecule has 0 saturated heterocycles. The molecular weight excluding hydrogens is 315 g/mol. The molecule has 0 aliphatic carbocycles. The van der Waals surface area contributed by atoms with E-state index in [9.17, 15) is 13.2 Å². The Balaban J connectivity index is 3.22. The van der Waals surface area contributed by atoms with Crippen molar-refractivity contribution in [3.05, 3.63) is 27.7 Å². The summed E-state index contributed by atoms with van der Waals surface area (Å²) in [7, 11) is 0. The van der Waals surface area contributed by atoms with Gasteiger partial charge in [-0.3, -0.25) is 0 Å². The summed E-state index contributed by atoms with van der Waals surface area (Å²) in [6.45, 7) is 0. The number of rotatable bonds is 2. The lowest BCUT2D eigenvalue weighted by molar-refractivity contribution is 0.145. The molecule has 6 heteroatoms. The Bertz CT molecular complexity index is 317. The first-order chi connectivity index (χ1) is 6.06. The van der Waals surface area contributed by atoms with Crippen LogP contribution in [0.1, 0.15) is 17.6 Å². The van der Waals surface area contributed by atoms with Gasteiger partial charge in [0.25, 0.3) is 6.43 Å². The fourth-order valence-corrected chi connectivity index (χ4v) is 1.99. The van der Waals surface area contributed by atoms with Crippen LogP contribution in [0.25, 0.3) is 0 Å². The number of nitrogens with zero attached hydrogens (tertiary/aromatic N) is 1. The fraction of sp³-hybridized carbons (Fsp3) is 0.286. The quantitative estimate of drug-likeness (QED) is 0.597. The van der Waals surface area contributed by atoms with Crippen LogP contribution in [0.15, 0.2) is 10.7 Å². The van der Waals surface area contributed by atoms with E-state index in [1.165, 1.54) is 0 Å². The molecule has 1 aromatic rings. The Hall–Kier alpha value is -0.100. The van der Waals surface area contributed by atoms with Crippen LogP contribution in [-0.4, -0.2) is 4.98 Å². The molecule has 0 atom stereocenters. The zero-order valence-electron chi connectivity index (χ0n) is 6.20. The minimum absolute atomic E-state index is 0.242. The normalized spacial score (nSPS) is 10.9. The van der Waals surface area contributed by atoms with E-state index in [-0.39, 0.29) is 4.60 Å². The first-order valence-corrected chi connectivity index (χ1v) is 5.16. The van der Waals surface area contributed by atoms with Crippen LogP contribution in [0.4, 0.5) is 13.2 Å². The standard InChI is InChI=1S/C7H4Br2F3N/c8-2-3-1-4(6(10)11)7(12)13-5(3)9/h1,6H,2H2. The van der Waals surface area contributed by atoms with Gasteiger partial charge in [-0.25, -0.2) is 13.8 Å². The minimum atomic E-state index is -2.83. The molecule has 0 unspecified atom stereocenters. The molecule has 13 heavy (non-hydrogen) atoms. The molecular formula is C7H4Br2F3N. The van der Waals surface area contributed by atoms with Crippen molar-refractivity contribution in [3.63, 3.8) is 0 Å². The molecule has 72 valence electrons. The van der Waals surface area contributed by atoms with Crippen LogP contribution in [0.2, 0.25) is 0 Å². The predicted molar refractivity (Wildman–Crippen MR) is 49.5 cm³/mol. The molecule has 0 amide bonds. The average Bonchev–Trinajstić information content (AvgIpc) is 2.03. The Labute approximate surface area is 89.6 Å². The van der Waals surface area contributed by atoms with Crippen LogP contribution in [0.5, 0.6) is 0 Å². The Morgan fingerprint density at radius 1 is 1.46 bits per heavy atom. The first kappa shape index (κ1) is 11.0. The summed E-state index contributed by atoms with van der Waals surface area (Å²) < 4.78 is 37.4. The number of alkyl halides is 3. The molecule has 0 fully saturated rings. The highest BCUT2D eigenvalue weighted by molar-refractivity contribution is 9.10. The SMILES string of the molecule is Fc1nc(Br)c(CBr)cc1C(F)F. The van der Waals surface area contributed by atoms with E-state index >= 15 is 0 Å². The highest BCUT2D eigenvalue weighted by atomic mass is 79.9. The van der Waals surface area contributed by atoms with E-state index < -0.39 is 17.9 Å². The lowest BCUT2D eigenvalue weighted by Crippen LogP contribution is -1.98. The number of halogens is 5. The van der Waals surface area contributed by atoms with Crippen molar-refractivity contribution < 1.29 is 13.2 Å². The summed E-state index contributed by atoms with van der Waals surface area (Å²) in [6.07, 6.45) is -2.83. The Morgan fingerprint density at radius 3 is 2.54 bits per heavy atom. The van der Waals surface area contributed by atoms with Crippen molar-refractivity contribution in [1.82, 2.24) is 4.98 Å². The van der Waals surface area contributed by atoms with Gasteiger partial charge in [-0.15, -0.1) is 0 Å². The van der Waals surface area contributed by atoms with E-state index in [4.69, 9.17) is 0 Å². The first-order valence-electron chi connectivity index (χ1n) is 3.25. The summed E-state index contributed by atoms with van der Waals surface area (Å²) in [4.78, 5) is 3.31. The summed E-state index contributed by atoms with van der Waals surface area (Å²) >= 11 is 6.04. The molecule has 0 N–H and O–H groups in total. The maximum absolute atomic E-state index is 12.8. The number of hydrogen-bond acceptors (Lipinski definition) is 1. The third-order valence-corrected chi connectivity index (χ3v) is 2.70. The summed E-state index contributed by atoms with van der Waals surface area (Å²) in [5.41, 5.74) is -0.172. The third kappa shape index (κ3) is 2.43. The molecule has 0 spiro atoms. The third-order valence-electron chi connectivity index (χ3n) is 1.41. The molecule has 1 nitrogen and oxygen atoms in total. The Kier molecular flexibility index (Phi) is 3.73. The molecule has 0 saturated carbocycles. The van der Waals surface area contributed by atoms with Gasteiger partial charge in [0.1, 0.15) is 4.60 Å². The van der Waals surface area contributed by atoms with Crippen molar-refractivity contribution in [2.24, 2.45) is 0 Å². The summed E-state index contributed by atoms with van der Waals surface area (Å²) in [6, 6.07) is 1.09. The van der Waals surface area contributed by atoms with E-state index in [1.807, 2.05) is 0 Å². The average molecular weight is 319 g/mol. The topological polar surface area (TPSA) is 12.9 Å². The van der Waals surface area contributed by atoms with Gasteiger partial charge in [0.2, 0.25) is 5.95 Å². The second-order valence-electron chi connectivity index (χ2n) is 2.25. The number of aromatic nitrogens is 1. The van der Waals surface area contributed by atoms with Crippen molar-refractivity contribution in [2.45, 2.75) is 11.8 Å². The van der Waals surface area contributed by atoms with E-state index in [0.717, 1.165) is 6.07 Å². The Morgan fingerprint density at radius 2 is 2.08 bits per heavy atom. The highest BCUT2D eigenvalue weighted by Crippen LogP contribution is 2.26. The molecule has 1 aromatic heterocycles. The van der Waals surface area contributed by atoms with Gasteiger partial charge >= 0.3 is 0 Å². The number of hydrogen-bond donors (Lipinski definition) is 0. The maximum atomic E-state index is 12.8. The van der Waals surface area contributed by atoms with Crippen LogP contribution >= 0.6 is 31.9 Å². The smallest absolute Gasteiger partial charge is 0.212 e. The summed E-state index contributed by atoms with van der Waals surface area (Å²) in [5, 5.41) is 0.348. The van der Waals surface area contributed by atoms with Gasteiger partial charge in [-0.05, 0) is 27.6 Å². The summed E-state index contributed by atoms with van der Waals surface area (Å²) in [5.74, 6) is -1.13. The zero-order valence-corrected chi connectivity index (χ0v) is 9.37. The second kappa shape index (κ2) is 4.41. The monoisotopic (exact) mass is 317 g/mol. The van der Waals surface area contributed by atoms with Gasteiger partial charge in [-0.2, -0.15) is 4.39 Å². The van der Waals surface area contributed by atoms with Crippen LogP contribution < -0.4 is 0 Å². The molecule has 1 heterocycles. The second-order valence-corrected chi connectivity index (χ2v) is 3.56. The van der Waals surface area contributed by atoms with Crippen molar-refractivity contribution in [1.29, 1.82) is 0 Å². The number of pyridine rings is 1. The molecule has 0 aliphatic rings. The molecule has 0 aromatic carbocycles.